The molecule has 1 aromatic carbocycles. The molecular weight excluding hydrogens is 533 g/mol. The van der Waals surface area contributed by atoms with Crippen LogP contribution in [0.5, 0.6) is 0 Å². The lowest BCUT2D eigenvalue weighted by atomic mass is 10.1. The van der Waals surface area contributed by atoms with Crippen molar-refractivity contribution >= 4 is 40.2 Å². The van der Waals surface area contributed by atoms with E-state index in [0.717, 1.165) is 82.1 Å². The SMILES string of the molecule is Cc1cccc(C)c1NC(=O)c1cnc(NC2CCN(CC(I)CN3CCOCC3)CC2)o1. The van der Waals surface area contributed by atoms with Crippen LogP contribution in [0.3, 0.4) is 0 Å². The number of piperidine rings is 1. The molecular formula is C24H34IN5O3. The Morgan fingerprint density at radius 3 is 2.42 bits per heavy atom. The van der Waals surface area contributed by atoms with Gasteiger partial charge in [0.25, 0.3) is 11.9 Å². The van der Waals surface area contributed by atoms with Crippen molar-refractivity contribution in [3.63, 3.8) is 0 Å². The minimum absolute atomic E-state index is 0.216. The molecule has 1 aromatic heterocycles. The van der Waals surface area contributed by atoms with Crippen molar-refractivity contribution in [2.45, 2.75) is 36.7 Å². The normalized spacial score (nSPS) is 19.4. The zero-order chi connectivity index (χ0) is 23.2. The lowest BCUT2D eigenvalue weighted by Gasteiger charge is -2.35. The fourth-order valence-corrected chi connectivity index (χ4v) is 5.58. The summed E-state index contributed by atoms with van der Waals surface area (Å²) in [5.74, 6) is -0.0652. The van der Waals surface area contributed by atoms with Crippen molar-refractivity contribution in [1.29, 1.82) is 0 Å². The molecule has 1 atom stereocenters. The first-order valence-corrected chi connectivity index (χ1v) is 13.0. The Kier molecular flexibility index (Phi) is 8.61. The maximum Gasteiger partial charge on any atom is 0.295 e. The Morgan fingerprint density at radius 2 is 1.76 bits per heavy atom. The molecule has 0 radical (unpaired) electrons. The molecule has 0 aliphatic carbocycles. The summed E-state index contributed by atoms with van der Waals surface area (Å²) in [4.78, 5) is 22.0. The molecule has 2 aliphatic heterocycles. The first-order chi connectivity index (χ1) is 16.0. The third-order valence-corrected chi connectivity index (χ3v) is 7.17. The highest BCUT2D eigenvalue weighted by molar-refractivity contribution is 14.1. The number of oxazole rings is 1. The zero-order valence-electron chi connectivity index (χ0n) is 19.5. The molecule has 8 nitrogen and oxygen atoms in total. The number of ether oxygens (including phenoxy) is 1. The number of hydrogen-bond donors (Lipinski definition) is 2. The molecule has 0 spiro atoms. The van der Waals surface area contributed by atoms with Gasteiger partial charge >= 0.3 is 0 Å². The van der Waals surface area contributed by atoms with E-state index >= 15 is 0 Å². The number of aromatic nitrogens is 1. The van der Waals surface area contributed by atoms with E-state index in [-0.39, 0.29) is 11.7 Å². The van der Waals surface area contributed by atoms with E-state index < -0.39 is 0 Å². The number of nitrogens with one attached hydrogen (secondary N) is 2. The monoisotopic (exact) mass is 567 g/mol. The summed E-state index contributed by atoms with van der Waals surface area (Å²) in [6, 6.07) is 6.66. The van der Waals surface area contributed by atoms with Crippen LogP contribution in [0.1, 0.15) is 34.5 Å². The van der Waals surface area contributed by atoms with Crippen molar-refractivity contribution < 1.29 is 13.9 Å². The van der Waals surface area contributed by atoms with Gasteiger partial charge in [0, 0.05) is 54.9 Å². The third-order valence-electron chi connectivity index (χ3n) is 6.38. The van der Waals surface area contributed by atoms with Crippen LogP contribution < -0.4 is 10.6 Å². The van der Waals surface area contributed by atoms with E-state index in [1.807, 2.05) is 32.0 Å². The van der Waals surface area contributed by atoms with E-state index in [1.165, 1.54) is 6.20 Å². The summed E-state index contributed by atoms with van der Waals surface area (Å²) in [7, 11) is 0. The van der Waals surface area contributed by atoms with Gasteiger partial charge in [-0.2, -0.15) is 0 Å². The highest BCUT2D eigenvalue weighted by Gasteiger charge is 2.24. The number of hydrogen-bond acceptors (Lipinski definition) is 7. The zero-order valence-corrected chi connectivity index (χ0v) is 21.6. The smallest absolute Gasteiger partial charge is 0.295 e. The highest BCUT2D eigenvalue weighted by Crippen LogP contribution is 2.22. The number of likely N-dealkylation sites (tertiary alicyclic amines) is 1. The van der Waals surface area contributed by atoms with E-state index in [0.29, 0.717) is 16.0 Å². The molecule has 1 amide bonds. The number of aryl methyl sites for hydroxylation is 2. The first kappa shape index (κ1) is 24.4. The van der Waals surface area contributed by atoms with Gasteiger partial charge in [-0.15, -0.1) is 0 Å². The molecule has 180 valence electrons. The second-order valence-electron chi connectivity index (χ2n) is 8.98. The number of anilines is 2. The second-order valence-corrected chi connectivity index (χ2v) is 10.7. The number of amides is 1. The van der Waals surface area contributed by atoms with Crippen molar-refractivity contribution in [2.24, 2.45) is 0 Å². The lowest BCUT2D eigenvalue weighted by molar-refractivity contribution is 0.0373. The summed E-state index contributed by atoms with van der Waals surface area (Å²) in [6.45, 7) is 12.1. The number of halogens is 1. The maximum absolute atomic E-state index is 12.6. The summed E-state index contributed by atoms with van der Waals surface area (Å²) < 4.78 is 11.8. The molecule has 2 saturated heterocycles. The standard InChI is InChI=1S/C24H34IN5O3/c1-17-4-3-5-18(2)22(17)28-23(31)21-14-26-24(33-21)27-20-6-8-29(9-7-20)15-19(25)16-30-10-12-32-13-11-30/h3-5,14,19-20H,6-13,15-16H2,1-2H3,(H,26,27)(H,28,31). The predicted octanol–water partition coefficient (Wildman–Crippen LogP) is 3.56. The highest BCUT2D eigenvalue weighted by atomic mass is 127. The van der Waals surface area contributed by atoms with E-state index in [1.54, 1.807) is 0 Å². The molecule has 1 unspecified atom stereocenters. The van der Waals surface area contributed by atoms with E-state index in [2.05, 4.69) is 48.0 Å². The lowest BCUT2D eigenvalue weighted by Crippen LogP contribution is -2.45. The van der Waals surface area contributed by atoms with Gasteiger partial charge in [-0.1, -0.05) is 40.8 Å². The quantitative estimate of drug-likeness (QED) is 0.373. The minimum Gasteiger partial charge on any atom is -0.418 e. The molecule has 0 saturated carbocycles. The molecule has 2 aliphatic rings. The fourth-order valence-electron chi connectivity index (χ4n) is 4.47. The Labute approximate surface area is 209 Å². The second kappa shape index (κ2) is 11.6. The van der Waals surface area contributed by atoms with Crippen molar-refractivity contribution in [3.8, 4) is 0 Å². The van der Waals surface area contributed by atoms with Crippen LogP contribution in [0, 0.1) is 13.8 Å². The van der Waals surface area contributed by atoms with Crippen molar-refractivity contribution in [2.75, 3.05) is 63.1 Å². The van der Waals surface area contributed by atoms with Gasteiger partial charge in [0.2, 0.25) is 5.76 Å². The average Bonchev–Trinajstić information content (AvgIpc) is 3.27. The number of para-hydroxylation sites is 1. The van der Waals surface area contributed by atoms with Crippen LogP contribution in [0.15, 0.2) is 28.8 Å². The molecule has 0 bridgehead atoms. The Balaban J connectivity index is 1.21. The molecule has 2 N–H and O–H groups in total. The number of alkyl halides is 1. The number of carbonyl (C=O) groups excluding carboxylic acids is 1. The van der Waals surface area contributed by atoms with Crippen LogP contribution in [0.25, 0.3) is 0 Å². The summed E-state index contributed by atoms with van der Waals surface area (Å²) in [6.07, 6.45) is 3.56. The van der Waals surface area contributed by atoms with E-state index in [9.17, 15) is 4.79 Å². The average molecular weight is 567 g/mol. The molecule has 2 aromatic rings. The van der Waals surface area contributed by atoms with Crippen molar-refractivity contribution in [1.82, 2.24) is 14.8 Å². The third kappa shape index (κ3) is 6.91. The van der Waals surface area contributed by atoms with Gasteiger partial charge in [-0.25, -0.2) is 4.98 Å². The Hall–Kier alpha value is -1.69. The van der Waals surface area contributed by atoms with E-state index in [4.69, 9.17) is 9.15 Å². The number of benzene rings is 1. The van der Waals surface area contributed by atoms with Crippen LogP contribution in [0.2, 0.25) is 0 Å². The van der Waals surface area contributed by atoms with Crippen LogP contribution in [0.4, 0.5) is 11.7 Å². The van der Waals surface area contributed by atoms with Gasteiger partial charge in [0.15, 0.2) is 0 Å². The van der Waals surface area contributed by atoms with Crippen LogP contribution in [-0.2, 0) is 4.74 Å². The van der Waals surface area contributed by atoms with Gasteiger partial charge < -0.3 is 24.7 Å². The number of nitrogens with zero attached hydrogens (tertiary/aromatic N) is 3. The summed E-state index contributed by atoms with van der Waals surface area (Å²) >= 11 is 2.59. The molecule has 2 fully saturated rings. The minimum atomic E-state index is -0.281. The first-order valence-electron chi connectivity index (χ1n) is 11.7. The molecule has 3 heterocycles. The van der Waals surface area contributed by atoms with Gasteiger partial charge in [-0.3, -0.25) is 9.69 Å². The van der Waals surface area contributed by atoms with Crippen LogP contribution in [-0.4, -0.2) is 83.1 Å². The molecule has 33 heavy (non-hydrogen) atoms. The predicted molar refractivity (Wildman–Crippen MR) is 139 cm³/mol. The number of carbonyl (C=O) groups is 1. The van der Waals surface area contributed by atoms with Crippen LogP contribution >= 0.6 is 22.6 Å². The molecule has 9 heteroatoms. The van der Waals surface area contributed by atoms with Gasteiger partial charge in [0.1, 0.15) is 0 Å². The Bertz CT molecular complexity index is 902. The molecule has 4 rings (SSSR count). The van der Waals surface area contributed by atoms with Crippen molar-refractivity contribution in [3.05, 3.63) is 41.3 Å². The summed E-state index contributed by atoms with van der Waals surface area (Å²) in [5, 5.41) is 6.32. The van der Waals surface area contributed by atoms with Gasteiger partial charge in [-0.05, 0) is 37.8 Å². The summed E-state index contributed by atoms with van der Waals surface area (Å²) in [5.41, 5.74) is 2.86. The topological polar surface area (TPSA) is 82.9 Å². The number of rotatable bonds is 8. The number of morpholine rings is 1. The Morgan fingerprint density at radius 1 is 1.12 bits per heavy atom. The maximum atomic E-state index is 12.6. The largest absolute Gasteiger partial charge is 0.418 e. The van der Waals surface area contributed by atoms with Gasteiger partial charge in [0.05, 0.1) is 19.4 Å². The fraction of sp³-hybridized carbons (Fsp3) is 0.583.